The first kappa shape index (κ1) is 17.6. The minimum atomic E-state index is -0.266. The van der Waals surface area contributed by atoms with E-state index in [1.54, 1.807) is 6.08 Å². The molecule has 0 saturated carbocycles. The molecular formula is C17H21NO4S. The highest BCUT2D eigenvalue weighted by atomic mass is 32.2. The first-order chi connectivity index (χ1) is 11.0. The summed E-state index contributed by atoms with van der Waals surface area (Å²) in [4.78, 5) is 25.7. The maximum Gasteiger partial charge on any atom is 0.293 e. The minimum Gasteiger partial charge on any atom is -0.493 e. The van der Waals surface area contributed by atoms with Crippen LogP contribution < -0.4 is 4.74 Å². The van der Waals surface area contributed by atoms with Crippen molar-refractivity contribution in [2.45, 2.75) is 13.8 Å². The molecule has 0 atom stereocenters. The summed E-state index contributed by atoms with van der Waals surface area (Å²) in [5.41, 5.74) is 0.860. The molecule has 1 aliphatic rings. The van der Waals surface area contributed by atoms with Crippen LogP contribution in [0.1, 0.15) is 19.4 Å². The largest absolute Gasteiger partial charge is 0.493 e. The van der Waals surface area contributed by atoms with Gasteiger partial charge in [-0.1, -0.05) is 26.0 Å². The van der Waals surface area contributed by atoms with Gasteiger partial charge in [-0.3, -0.25) is 14.5 Å². The maximum absolute atomic E-state index is 12.2. The molecule has 0 aromatic heterocycles. The van der Waals surface area contributed by atoms with Crippen molar-refractivity contribution >= 4 is 29.0 Å². The van der Waals surface area contributed by atoms with Crippen LogP contribution in [0.4, 0.5) is 4.79 Å². The van der Waals surface area contributed by atoms with E-state index in [1.165, 1.54) is 12.0 Å². The quantitative estimate of drug-likeness (QED) is 0.715. The Bertz CT molecular complexity index is 595. The van der Waals surface area contributed by atoms with Crippen molar-refractivity contribution in [1.29, 1.82) is 0 Å². The Morgan fingerprint density at radius 3 is 2.52 bits per heavy atom. The second kappa shape index (κ2) is 8.17. The Morgan fingerprint density at radius 1 is 1.22 bits per heavy atom. The summed E-state index contributed by atoms with van der Waals surface area (Å²) >= 11 is 0.957. The van der Waals surface area contributed by atoms with E-state index in [0.717, 1.165) is 23.1 Å². The molecule has 0 N–H and O–H groups in total. The molecule has 0 radical (unpaired) electrons. The highest BCUT2D eigenvalue weighted by Crippen LogP contribution is 2.32. The number of thioether (sulfide) groups is 1. The van der Waals surface area contributed by atoms with Crippen LogP contribution in [-0.4, -0.2) is 42.9 Å². The Morgan fingerprint density at radius 2 is 1.91 bits per heavy atom. The molecule has 1 saturated heterocycles. The number of rotatable bonds is 7. The molecule has 0 aliphatic carbocycles. The summed E-state index contributed by atoms with van der Waals surface area (Å²) in [6.45, 7) is 5.47. The molecule has 0 spiro atoms. The monoisotopic (exact) mass is 335 g/mol. The topological polar surface area (TPSA) is 55.8 Å². The molecule has 5 nitrogen and oxygen atoms in total. The molecule has 6 heteroatoms. The fourth-order valence-electron chi connectivity index (χ4n) is 1.95. The van der Waals surface area contributed by atoms with E-state index >= 15 is 0 Å². The lowest BCUT2D eigenvalue weighted by Crippen LogP contribution is -2.31. The summed E-state index contributed by atoms with van der Waals surface area (Å²) < 4.78 is 10.5. The van der Waals surface area contributed by atoms with Gasteiger partial charge in [0.15, 0.2) is 0 Å². The van der Waals surface area contributed by atoms with E-state index in [9.17, 15) is 9.59 Å². The fourth-order valence-corrected chi connectivity index (χ4v) is 2.81. The van der Waals surface area contributed by atoms with Gasteiger partial charge in [0.1, 0.15) is 5.75 Å². The number of amides is 2. The van der Waals surface area contributed by atoms with Gasteiger partial charge in [0.25, 0.3) is 11.1 Å². The molecule has 23 heavy (non-hydrogen) atoms. The van der Waals surface area contributed by atoms with Crippen LogP contribution in [0.2, 0.25) is 0 Å². The van der Waals surface area contributed by atoms with E-state index in [2.05, 4.69) is 13.8 Å². The maximum atomic E-state index is 12.2. The zero-order valence-corrected chi connectivity index (χ0v) is 14.4. The van der Waals surface area contributed by atoms with Gasteiger partial charge < -0.3 is 9.47 Å². The van der Waals surface area contributed by atoms with Crippen LogP contribution >= 0.6 is 11.8 Å². The molecule has 0 bridgehead atoms. The molecule has 1 aliphatic heterocycles. The normalized spacial score (nSPS) is 16.7. The zero-order valence-electron chi connectivity index (χ0n) is 13.6. The van der Waals surface area contributed by atoms with Crippen LogP contribution in [0, 0.1) is 5.92 Å². The third-order valence-electron chi connectivity index (χ3n) is 3.15. The van der Waals surface area contributed by atoms with Crippen molar-refractivity contribution in [1.82, 2.24) is 4.90 Å². The molecule has 1 aromatic carbocycles. The number of methoxy groups -OCH3 is 1. The van der Waals surface area contributed by atoms with Gasteiger partial charge in [0.2, 0.25) is 0 Å². The number of hydrogen-bond donors (Lipinski definition) is 0. The van der Waals surface area contributed by atoms with E-state index in [0.29, 0.717) is 24.0 Å². The third kappa shape index (κ3) is 4.84. The first-order valence-corrected chi connectivity index (χ1v) is 8.30. The van der Waals surface area contributed by atoms with Crippen molar-refractivity contribution in [2.75, 3.05) is 26.9 Å². The SMILES string of the molecule is COCCN1C(=O)S/C(=C/c2ccc(OCC(C)C)cc2)C1=O. The standard InChI is InChI=1S/C17H21NO4S/c1-12(2)11-22-14-6-4-13(5-7-14)10-15-16(19)18(8-9-21-3)17(20)23-15/h4-7,10,12H,8-9,11H2,1-3H3/b15-10+. The lowest BCUT2D eigenvalue weighted by atomic mass is 10.2. The highest BCUT2D eigenvalue weighted by molar-refractivity contribution is 8.18. The first-order valence-electron chi connectivity index (χ1n) is 7.48. The van der Waals surface area contributed by atoms with Crippen molar-refractivity contribution in [3.8, 4) is 5.75 Å². The van der Waals surface area contributed by atoms with Gasteiger partial charge in [-0.25, -0.2) is 0 Å². The number of carbonyl (C=O) groups is 2. The van der Waals surface area contributed by atoms with E-state index in [-0.39, 0.29) is 17.7 Å². The van der Waals surface area contributed by atoms with Crippen LogP contribution in [0.3, 0.4) is 0 Å². The van der Waals surface area contributed by atoms with Gasteiger partial charge in [-0.15, -0.1) is 0 Å². The number of nitrogens with zero attached hydrogens (tertiary/aromatic N) is 1. The summed E-state index contributed by atoms with van der Waals surface area (Å²) in [7, 11) is 1.54. The van der Waals surface area contributed by atoms with Crippen molar-refractivity contribution in [2.24, 2.45) is 5.92 Å². The Hall–Kier alpha value is -1.79. The van der Waals surface area contributed by atoms with Crippen LogP contribution in [0.25, 0.3) is 6.08 Å². The van der Waals surface area contributed by atoms with E-state index in [4.69, 9.17) is 9.47 Å². The van der Waals surface area contributed by atoms with Crippen molar-refractivity contribution < 1.29 is 19.1 Å². The zero-order chi connectivity index (χ0) is 16.8. The van der Waals surface area contributed by atoms with Gasteiger partial charge >= 0.3 is 0 Å². The number of benzene rings is 1. The fraction of sp³-hybridized carbons (Fsp3) is 0.412. The van der Waals surface area contributed by atoms with Crippen LogP contribution in [0.15, 0.2) is 29.2 Å². The molecule has 2 amide bonds. The molecule has 1 aromatic rings. The predicted octanol–water partition coefficient (Wildman–Crippen LogP) is 3.40. The lowest BCUT2D eigenvalue weighted by Gasteiger charge is -2.10. The number of imide groups is 1. The average molecular weight is 335 g/mol. The smallest absolute Gasteiger partial charge is 0.293 e. The molecule has 2 rings (SSSR count). The Kier molecular flexibility index (Phi) is 6.24. The summed E-state index contributed by atoms with van der Waals surface area (Å²) in [5.74, 6) is 0.995. The van der Waals surface area contributed by atoms with Crippen LogP contribution in [-0.2, 0) is 9.53 Å². The molecule has 0 unspecified atom stereocenters. The highest BCUT2D eigenvalue weighted by Gasteiger charge is 2.34. The molecule has 1 heterocycles. The van der Waals surface area contributed by atoms with Crippen LogP contribution in [0.5, 0.6) is 5.75 Å². The molecular weight excluding hydrogens is 314 g/mol. The summed E-state index contributed by atoms with van der Waals surface area (Å²) in [5, 5.41) is -0.254. The Labute approximate surface area is 140 Å². The second-order valence-electron chi connectivity index (χ2n) is 5.60. The second-order valence-corrected chi connectivity index (χ2v) is 6.59. The predicted molar refractivity (Wildman–Crippen MR) is 91.3 cm³/mol. The molecule has 124 valence electrons. The van der Waals surface area contributed by atoms with Crippen molar-refractivity contribution in [3.05, 3.63) is 34.7 Å². The third-order valence-corrected chi connectivity index (χ3v) is 4.06. The lowest BCUT2D eigenvalue weighted by molar-refractivity contribution is -0.123. The summed E-state index contributed by atoms with van der Waals surface area (Å²) in [6.07, 6.45) is 1.73. The minimum absolute atomic E-state index is 0.254. The van der Waals surface area contributed by atoms with E-state index < -0.39 is 0 Å². The number of ether oxygens (including phenoxy) is 2. The summed E-state index contributed by atoms with van der Waals surface area (Å²) in [6, 6.07) is 7.48. The van der Waals surface area contributed by atoms with Gasteiger partial charge in [-0.05, 0) is 41.5 Å². The Balaban J connectivity index is 2.04. The van der Waals surface area contributed by atoms with Gasteiger partial charge in [0, 0.05) is 7.11 Å². The number of hydrogen-bond acceptors (Lipinski definition) is 5. The number of carbonyl (C=O) groups excluding carboxylic acids is 2. The van der Waals surface area contributed by atoms with Crippen molar-refractivity contribution in [3.63, 3.8) is 0 Å². The average Bonchev–Trinajstić information content (AvgIpc) is 2.78. The van der Waals surface area contributed by atoms with E-state index in [1.807, 2.05) is 24.3 Å². The van der Waals surface area contributed by atoms with Gasteiger partial charge in [-0.2, -0.15) is 0 Å². The van der Waals surface area contributed by atoms with Gasteiger partial charge in [0.05, 0.1) is 24.7 Å². The molecule has 1 fully saturated rings.